The Hall–Kier alpha value is -3.89. The van der Waals surface area contributed by atoms with E-state index in [0.717, 1.165) is 37.3 Å². The summed E-state index contributed by atoms with van der Waals surface area (Å²) in [6.07, 6.45) is 5.42. The van der Waals surface area contributed by atoms with Crippen molar-refractivity contribution in [3.8, 4) is 5.75 Å². The number of nitrogens with two attached hydrogens (primary N) is 3. The molecule has 2 aromatic rings. The second-order valence-corrected chi connectivity index (χ2v) is 9.49. The topological polar surface area (TPSA) is 163 Å². The van der Waals surface area contributed by atoms with Gasteiger partial charge in [-0.3, -0.25) is 19.5 Å². The highest BCUT2D eigenvalue weighted by Gasteiger charge is 2.26. The Labute approximate surface area is 224 Å². The molecule has 1 amide bonds. The van der Waals surface area contributed by atoms with Gasteiger partial charge in [-0.15, -0.1) is 0 Å². The van der Waals surface area contributed by atoms with E-state index in [1.54, 1.807) is 24.3 Å². The third-order valence-electron chi connectivity index (χ3n) is 6.44. The average molecular weight is 522 g/mol. The van der Waals surface area contributed by atoms with Gasteiger partial charge in [0.15, 0.2) is 11.7 Å². The van der Waals surface area contributed by atoms with Crippen molar-refractivity contribution >= 4 is 23.7 Å². The number of aromatic hydroxyl groups is 1. The van der Waals surface area contributed by atoms with Crippen LogP contribution in [-0.2, 0) is 16.0 Å². The van der Waals surface area contributed by atoms with Crippen LogP contribution in [0.25, 0.3) is 6.08 Å². The fourth-order valence-electron chi connectivity index (χ4n) is 4.23. The highest BCUT2D eigenvalue weighted by atomic mass is 16.3. The predicted molar refractivity (Wildman–Crippen MR) is 150 cm³/mol. The lowest BCUT2D eigenvalue weighted by atomic mass is 10.0. The Morgan fingerprint density at radius 3 is 2.37 bits per heavy atom. The molecule has 2 atom stereocenters. The zero-order valence-electron chi connectivity index (χ0n) is 21.7. The first-order chi connectivity index (χ1) is 18.3. The lowest BCUT2D eigenvalue weighted by Gasteiger charge is -2.34. The maximum absolute atomic E-state index is 13.2. The van der Waals surface area contributed by atoms with Crippen LogP contribution in [0, 0.1) is 0 Å². The van der Waals surface area contributed by atoms with Crippen molar-refractivity contribution in [3.63, 3.8) is 0 Å². The summed E-state index contributed by atoms with van der Waals surface area (Å²) in [7, 11) is 0. The van der Waals surface area contributed by atoms with Crippen molar-refractivity contribution in [2.75, 3.05) is 39.3 Å². The van der Waals surface area contributed by atoms with Gasteiger partial charge in [0.1, 0.15) is 5.75 Å². The molecule has 8 N–H and O–H groups in total. The van der Waals surface area contributed by atoms with E-state index in [9.17, 15) is 14.7 Å². The third-order valence-corrected chi connectivity index (χ3v) is 6.44. The van der Waals surface area contributed by atoms with Crippen LogP contribution in [0.3, 0.4) is 0 Å². The van der Waals surface area contributed by atoms with Crippen molar-refractivity contribution in [1.82, 2.24) is 15.1 Å². The molecule has 204 valence electrons. The second kappa shape index (κ2) is 14.7. The van der Waals surface area contributed by atoms with E-state index < -0.39 is 18.0 Å². The average Bonchev–Trinajstić information content (AvgIpc) is 2.91. The fourth-order valence-corrected chi connectivity index (χ4v) is 4.23. The van der Waals surface area contributed by atoms with Crippen molar-refractivity contribution in [3.05, 3.63) is 71.9 Å². The highest BCUT2D eigenvalue weighted by Crippen LogP contribution is 2.12. The van der Waals surface area contributed by atoms with Gasteiger partial charge in [0.25, 0.3) is 0 Å². The van der Waals surface area contributed by atoms with Crippen molar-refractivity contribution in [2.45, 2.75) is 31.3 Å². The number of ketones is 1. The molecule has 2 aromatic carbocycles. The maximum Gasteiger partial charge on any atom is 0.237 e. The van der Waals surface area contributed by atoms with Crippen LogP contribution in [0.15, 0.2) is 65.8 Å². The number of guanidine groups is 1. The van der Waals surface area contributed by atoms with Gasteiger partial charge >= 0.3 is 0 Å². The SMILES string of the molecule is NC(N)=NCCC[C@@H](NC(=O)[C@@H](N)Cc1ccc(O)cc1)C(=O)CN1CCN(/C=C/c2ccccc2)CC1. The van der Waals surface area contributed by atoms with E-state index in [0.29, 0.717) is 25.8 Å². The van der Waals surface area contributed by atoms with Gasteiger partial charge in [0, 0.05) is 32.7 Å². The molecule has 0 aliphatic carbocycles. The molecule has 1 aliphatic rings. The largest absolute Gasteiger partial charge is 0.508 e. The molecule has 0 saturated carbocycles. The number of nitrogens with zero attached hydrogens (tertiary/aromatic N) is 3. The minimum absolute atomic E-state index is 0.00739. The molecule has 1 heterocycles. The number of benzene rings is 2. The molecule has 1 aliphatic heterocycles. The van der Waals surface area contributed by atoms with E-state index in [2.05, 4.69) is 44.5 Å². The van der Waals surface area contributed by atoms with Crippen LogP contribution < -0.4 is 22.5 Å². The summed E-state index contributed by atoms with van der Waals surface area (Å²) in [6, 6.07) is 15.2. The molecule has 3 rings (SSSR count). The van der Waals surface area contributed by atoms with Gasteiger partial charge in [-0.25, -0.2) is 0 Å². The Morgan fingerprint density at radius 2 is 1.71 bits per heavy atom. The summed E-state index contributed by atoms with van der Waals surface area (Å²) in [5.41, 5.74) is 18.9. The van der Waals surface area contributed by atoms with Gasteiger partial charge in [-0.05, 0) is 54.8 Å². The maximum atomic E-state index is 13.2. The van der Waals surface area contributed by atoms with Gasteiger partial charge in [0.2, 0.25) is 5.91 Å². The number of carbonyl (C=O) groups is 2. The number of phenols is 1. The van der Waals surface area contributed by atoms with Crippen LogP contribution in [0.4, 0.5) is 0 Å². The summed E-state index contributed by atoms with van der Waals surface area (Å²) >= 11 is 0. The molecule has 0 bridgehead atoms. The number of rotatable bonds is 13. The number of piperazine rings is 1. The first kappa shape index (κ1) is 28.7. The molecule has 38 heavy (non-hydrogen) atoms. The first-order valence-electron chi connectivity index (χ1n) is 12.9. The molecule has 0 radical (unpaired) electrons. The number of hydrogen-bond acceptors (Lipinski definition) is 7. The minimum Gasteiger partial charge on any atom is -0.508 e. The van der Waals surface area contributed by atoms with Gasteiger partial charge < -0.3 is 32.5 Å². The molecule has 1 fully saturated rings. The van der Waals surface area contributed by atoms with E-state index in [4.69, 9.17) is 17.2 Å². The van der Waals surface area contributed by atoms with E-state index >= 15 is 0 Å². The zero-order valence-corrected chi connectivity index (χ0v) is 21.7. The first-order valence-corrected chi connectivity index (χ1v) is 12.9. The summed E-state index contributed by atoms with van der Waals surface area (Å²) in [5.74, 6) is -0.319. The van der Waals surface area contributed by atoms with Crippen LogP contribution in [0.2, 0.25) is 0 Å². The van der Waals surface area contributed by atoms with Crippen molar-refractivity contribution in [2.24, 2.45) is 22.2 Å². The summed E-state index contributed by atoms with van der Waals surface area (Å²) in [6.45, 7) is 3.75. The lowest BCUT2D eigenvalue weighted by Crippen LogP contribution is -2.53. The third kappa shape index (κ3) is 9.87. The lowest BCUT2D eigenvalue weighted by molar-refractivity contribution is -0.129. The standard InChI is InChI=1S/C28H39N7O3/c29-24(19-22-8-10-23(36)11-9-22)27(38)33-25(7-4-13-32-28(30)31)26(37)20-35-17-15-34(16-18-35)14-12-21-5-2-1-3-6-21/h1-3,5-6,8-12,14,24-25,36H,4,7,13,15-20,29H2,(H,33,38)(H4,30,31,32)/b14-12+/t24-,25+/m0/s1. The number of amides is 1. The Morgan fingerprint density at radius 1 is 1.03 bits per heavy atom. The number of hydrogen-bond donors (Lipinski definition) is 5. The molecular weight excluding hydrogens is 482 g/mol. The van der Waals surface area contributed by atoms with Crippen LogP contribution in [-0.4, -0.2) is 83.9 Å². The molecule has 0 spiro atoms. The normalized spacial score (nSPS) is 15.7. The van der Waals surface area contributed by atoms with Gasteiger partial charge in [-0.1, -0.05) is 42.5 Å². The van der Waals surface area contributed by atoms with Crippen LogP contribution in [0.5, 0.6) is 5.75 Å². The van der Waals surface area contributed by atoms with E-state index in [1.165, 1.54) is 0 Å². The fraction of sp³-hybridized carbons (Fsp3) is 0.393. The summed E-state index contributed by atoms with van der Waals surface area (Å²) < 4.78 is 0. The van der Waals surface area contributed by atoms with Crippen molar-refractivity contribution in [1.29, 1.82) is 0 Å². The number of carbonyl (C=O) groups excluding carboxylic acids is 2. The van der Waals surface area contributed by atoms with Gasteiger partial charge in [-0.2, -0.15) is 0 Å². The Kier molecular flexibility index (Phi) is 11.1. The quantitative estimate of drug-likeness (QED) is 0.146. The summed E-state index contributed by atoms with van der Waals surface area (Å²) in [5, 5.41) is 12.3. The van der Waals surface area contributed by atoms with Crippen LogP contribution >= 0.6 is 0 Å². The minimum atomic E-state index is -0.826. The molecule has 10 heteroatoms. The number of phenolic OH excluding ortho intramolecular Hbond substituents is 1. The number of nitrogens with one attached hydrogen (secondary N) is 1. The Bertz CT molecular complexity index is 1080. The summed E-state index contributed by atoms with van der Waals surface area (Å²) in [4.78, 5) is 34.4. The van der Waals surface area contributed by atoms with Crippen molar-refractivity contribution < 1.29 is 14.7 Å². The molecule has 10 nitrogen and oxygen atoms in total. The zero-order chi connectivity index (χ0) is 27.3. The van der Waals surface area contributed by atoms with Gasteiger partial charge in [0.05, 0.1) is 18.6 Å². The highest BCUT2D eigenvalue weighted by molar-refractivity contribution is 5.92. The smallest absolute Gasteiger partial charge is 0.237 e. The molecular formula is C28H39N7O3. The predicted octanol–water partition coefficient (Wildman–Crippen LogP) is 0.658. The van der Waals surface area contributed by atoms with E-state index in [-0.39, 0.29) is 24.0 Å². The Balaban J connectivity index is 1.53. The monoisotopic (exact) mass is 521 g/mol. The van der Waals surface area contributed by atoms with E-state index in [1.807, 2.05) is 18.2 Å². The second-order valence-electron chi connectivity index (χ2n) is 9.49. The molecule has 1 saturated heterocycles. The molecule has 0 unspecified atom stereocenters. The van der Waals surface area contributed by atoms with Crippen LogP contribution in [0.1, 0.15) is 24.0 Å². The number of Topliss-reactive ketones (excluding diaryl/α,β-unsaturated/α-hetero) is 1. The number of aliphatic imine (C=N–C) groups is 1. The molecule has 0 aromatic heterocycles.